The van der Waals surface area contributed by atoms with Crippen LogP contribution >= 0.6 is 0 Å². The number of carbonyl (C=O) groups is 2. The van der Waals surface area contributed by atoms with Crippen molar-refractivity contribution in [2.24, 2.45) is 0 Å². The topological polar surface area (TPSA) is 71.1 Å². The van der Waals surface area contributed by atoms with Crippen molar-refractivity contribution in [2.45, 2.75) is 33.3 Å². The average Bonchev–Trinajstić information content (AvgIpc) is 2.37. The second kappa shape index (κ2) is 9.06. The third kappa shape index (κ3) is 10.0. The Morgan fingerprint density at radius 3 is 1.90 bits per heavy atom. The standard InChI is InChI=1S/C11H14O3.C3H6O3/c1-11(2,3)14-13-10(12)9-7-5-4-6-8-9;1-3(4)6-5-2/h4-8H,1-3H3;1-2H3. The molecule has 0 N–H and O–H groups in total. The normalized spacial score (nSPS) is 10.1. The van der Waals surface area contributed by atoms with Crippen LogP contribution in [0, 0.1) is 0 Å². The van der Waals surface area contributed by atoms with Crippen LogP contribution in [0.3, 0.4) is 0 Å². The monoisotopic (exact) mass is 284 g/mol. The van der Waals surface area contributed by atoms with Crippen molar-refractivity contribution >= 4 is 11.9 Å². The first-order chi connectivity index (χ1) is 9.26. The molecule has 0 atom stereocenters. The van der Waals surface area contributed by atoms with Crippen LogP contribution in [-0.4, -0.2) is 24.6 Å². The Morgan fingerprint density at radius 1 is 1.00 bits per heavy atom. The highest BCUT2D eigenvalue weighted by Crippen LogP contribution is 2.09. The van der Waals surface area contributed by atoms with Crippen molar-refractivity contribution in [3.05, 3.63) is 35.9 Å². The van der Waals surface area contributed by atoms with Gasteiger partial charge < -0.3 is 0 Å². The van der Waals surface area contributed by atoms with E-state index in [-0.39, 0.29) is 0 Å². The molecule has 112 valence electrons. The van der Waals surface area contributed by atoms with Crippen LogP contribution < -0.4 is 0 Å². The molecule has 0 spiro atoms. The van der Waals surface area contributed by atoms with E-state index < -0.39 is 17.5 Å². The number of hydrogen-bond acceptors (Lipinski definition) is 6. The number of carbonyl (C=O) groups excluding carboxylic acids is 2. The third-order valence-corrected chi connectivity index (χ3v) is 1.58. The Kier molecular flexibility index (Phi) is 8.19. The zero-order valence-electron chi connectivity index (χ0n) is 12.3. The van der Waals surface area contributed by atoms with E-state index in [0.29, 0.717) is 5.56 Å². The molecule has 0 bridgehead atoms. The molecule has 20 heavy (non-hydrogen) atoms. The van der Waals surface area contributed by atoms with Gasteiger partial charge in [-0.05, 0) is 32.9 Å². The Labute approximate surface area is 118 Å². The van der Waals surface area contributed by atoms with E-state index in [2.05, 4.69) is 14.7 Å². The maximum atomic E-state index is 11.3. The molecular formula is C14H20O6. The van der Waals surface area contributed by atoms with Crippen LogP contribution in [0.15, 0.2) is 30.3 Å². The minimum Gasteiger partial charge on any atom is -0.299 e. The summed E-state index contributed by atoms with van der Waals surface area (Å²) in [5.41, 5.74) is 0.00140. The van der Waals surface area contributed by atoms with Gasteiger partial charge in [-0.15, -0.1) is 0 Å². The Hall–Kier alpha value is -1.92. The molecule has 1 rings (SSSR count). The first-order valence-electron chi connectivity index (χ1n) is 5.92. The molecule has 0 amide bonds. The van der Waals surface area contributed by atoms with Gasteiger partial charge in [-0.3, -0.25) is 9.78 Å². The molecular weight excluding hydrogens is 264 g/mol. The summed E-state index contributed by atoms with van der Waals surface area (Å²) < 4.78 is 0. The summed E-state index contributed by atoms with van der Waals surface area (Å²) in [5.74, 6) is -0.905. The van der Waals surface area contributed by atoms with Gasteiger partial charge in [-0.2, -0.15) is 9.78 Å². The predicted molar refractivity (Wildman–Crippen MR) is 71.5 cm³/mol. The molecule has 0 fully saturated rings. The molecule has 6 heteroatoms. The molecule has 0 radical (unpaired) electrons. The molecule has 0 aliphatic rings. The zero-order chi connectivity index (χ0) is 15.6. The van der Waals surface area contributed by atoms with Gasteiger partial charge in [0.15, 0.2) is 0 Å². The number of hydrogen-bond donors (Lipinski definition) is 0. The van der Waals surface area contributed by atoms with E-state index in [0.717, 1.165) is 0 Å². The van der Waals surface area contributed by atoms with Gasteiger partial charge in [0.1, 0.15) is 5.60 Å². The first kappa shape index (κ1) is 18.1. The van der Waals surface area contributed by atoms with E-state index in [1.807, 2.05) is 26.8 Å². The minimum absolute atomic E-state index is 0.433. The first-order valence-corrected chi connectivity index (χ1v) is 5.92. The van der Waals surface area contributed by atoms with Gasteiger partial charge in [-0.25, -0.2) is 9.59 Å². The Balaban J connectivity index is 0.000000511. The molecule has 0 heterocycles. The average molecular weight is 284 g/mol. The van der Waals surface area contributed by atoms with Crippen molar-refractivity contribution in [3.8, 4) is 0 Å². The van der Waals surface area contributed by atoms with Gasteiger partial charge in [0.05, 0.1) is 12.7 Å². The lowest BCUT2D eigenvalue weighted by Gasteiger charge is -2.16. The maximum absolute atomic E-state index is 11.3. The molecule has 0 saturated carbocycles. The summed E-state index contributed by atoms with van der Waals surface area (Å²) in [6.45, 7) is 6.70. The summed E-state index contributed by atoms with van der Waals surface area (Å²) in [6.07, 6.45) is 0. The minimum atomic E-state index is -0.482. The summed E-state index contributed by atoms with van der Waals surface area (Å²) in [7, 11) is 1.28. The van der Waals surface area contributed by atoms with E-state index in [1.54, 1.807) is 24.3 Å². The van der Waals surface area contributed by atoms with Crippen LogP contribution in [0.5, 0.6) is 0 Å². The highest BCUT2D eigenvalue weighted by atomic mass is 17.2. The Bertz CT molecular complexity index is 407. The van der Waals surface area contributed by atoms with Crippen molar-refractivity contribution in [3.63, 3.8) is 0 Å². The van der Waals surface area contributed by atoms with Crippen molar-refractivity contribution in [2.75, 3.05) is 7.11 Å². The van der Waals surface area contributed by atoms with Crippen molar-refractivity contribution in [1.29, 1.82) is 0 Å². The zero-order valence-corrected chi connectivity index (χ0v) is 12.3. The van der Waals surface area contributed by atoms with Crippen molar-refractivity contribution in [1.82, 2.24) is 0 Å². The Morgan fingerprint density at radius 2 is 1.55 bits per heavy atom. The molecule has 0 aliphatic carbocycles. The van der Waals surface area contributed by atoms with Crippen LogP contribution in [0.2, 0.25) is 0 Å². The van der Waals surface area contributed by atoms with Gasteiger partial charge in [-0.1, -0.05) is 18.2 Å². The summed E-state index contributed by atoms with van der Waals surface area (Å²) in [6, 6.07) is 8.73. The second-order valence-corrected chi connectivity index (χ2v) is 4.67. The molecule has 6 nitrogen and oxygen atoms in total. The second-order valence-electron chi connectivity index (χ2n) is 4.67. The smallest absolute Gasteiger partial charge is 0.299 e. The fourth-order valence-corrected chi connectivity index (χ4v) is 0.903. The SMILES string of the molecule is CC(C)(C)OOC(=O)c1ccccc1.COOC(C)=O. The van der Waals surface area contributed by atoms with Crippen LogP contribution in [-0.2, 0) is 24.3 Å². The van der Waals surface area contributed by atoms with Gasteiger partial charge >= 0.3 is 11.9 Å². The van der Waals surface area contributed by atoms with E-state index >= 15 is 0 Å². The summed E-state index contributed by atoms with van der Waals surface area (Å²) in [4.78, 5) is 38.4. The largest absolute Gasteiger partial charge is 0.373 e. The van der Waals surface area contributed by atoms with E-state index in [9.17, 15) is 9.59 Å². The molecule has 0 saturated heterocycles. The molecule has 0 aliphatic heterocycles. The predicted octanol–water partition coefficient (Wildman–Crippen LogP) is 2.68. The van der Waals surface area contributed by atoms with Gasteiger partial charge in [0.25, 0.3) is 0 Å². The van der Waals surface area contributed by atoms with E-state index in [1.165, 1.54) is 14.0 Å². The lowest BCUT2D eigenvalue weighted by molar-refractivity contribution is -0.301. The summed E-state index contributed by atoms with van der Waals surface area (Å²) in [5, 5.41) is 0. The van der Waals surface area contributed by atoms with Gasteiger partial charge in [0.2, 0.25) is 0 Å². The molecule has 1 aromatic carbocycles. The third-order valence-electron chi connectivity index (χ3n) is 1.58. The number of benzene rings is 1. The molecule has 0 unspecified atom stereocenters. The molecule has 0 aromatic heterocycles. The quantitative estimate of drug-likeness (QED) is 0.627. The van der Waals surface area contributed by atoms with E-state index in [4.69, 9.17) is 4.89 Å². The summed E-state index contributed by atoms with van der Waals surface area (Å²) >= 11 is 0. The number of rotatable bonds is 3. The fraction of sp³-hybridized carbons (Fsp3) is 0.429. The maximum Gasteiger partial charge on any atom is 0.373 e. The highest BCUT2D eigenvalue weighted by molar-refractivity contribution is 5.88. The lowest BCUT2D eigenvalue weighted by Crippen LogP contribution is -2.21. The van der Waals surface area contributed by atoms with Crippen LogP contribution in [0.25, 0.3) is 0 Å². The van der Waals surface area contributed by atoms with Crippen molar-refractivity contribution < 1.29 is 29.1 Å². The van der Waals surface area contributed by atoms with Crippen LogP contribution in [0.4, 0.5) is 0 Å². The van der Waals surface area contributed by atoms with Crippen LogP contribution in [0.1, 0.15) is 38.1 Å². The lowest BCUT2D eigenvalue weighted by atomic mass is 10.2. The highest BCUT2D eigenvalue weighted by Gasteiger charge is 2.15. The molecule has 1 aromatic rings. The fourth-order valence-electron chi connectivity index (χ4n) is 0.903. The van der Waals surface area contributed by atoms with Gasteiger partial charge in [0, 0.05) is 6.92 Å².